The highest BCUT2D eigenvalue weighted by molar-refractivity contribution is 7.89. The van der Waals surface area contributed by atoms with Crippen LogP contribution in [0.5, 0.6) is 5.88 Å². The largest absolute Gasteiger partial charge is 0.481 e. The number of aromatic nitrogens is 1. The summed E-state index contributed by atoms with van der Waals surface area (Å²) in [6.07, 6.45) is 1.59. The molecule has 2 aromatic rings. The molecule has 2 N–H and O–H groups in total. The molecule has 2 rings (SSSR count). The summed E-state index contributed by atoms with van der Waals surface area (Å²) in [7, 11) is -0.776. The highest BCUT2D eigenvalue weighted by Crippen LogP contribution is 2.14. The van der Waals surface area contributed by atoms with Gasteiger partial charge in [0.25, 0.3) is 5.91 Å². The predicted octanol–water partition coefficient (Wildman–Crippen LogP) is 0.928. The molecule has 7 nitrogen and oxygen atoms in total. The minimum Gasteiger partial charge on any atom is -0.481 e. The first kappa shape index (κ1) is 16.9. The molecular formula is C15H17N3O4S. The fourth-order valence-corrected chi connectivity index (χ4v) is 2.72. The van der Waals surface area contributed by atoms with Gasteiger partial charge in [-0.1, -0.05) is 12.1 Å². The Morgan fingerprint density at radius 1 is 1.26 bits per heavy atom. The second-order valence-corrected chi connectivity index (χ2v) is 6.48. The quantitative estimate of drug-likeness (QED) is 0.818. The van der Waals surface area contributed by atoms with Crippen LogP contribution in [0.2, 0.25) is 0 Å². The first-order chi connectivity index (χ1) is 11.0. The van der Waals surface area contributed by atoms with Crippen molar-refractivity contribution >= 4 is 15.9 Å². The number of carbonyl (C=O) groups is 1. The van der Waals surface area contributed by atoms with Gasteiger partial charge in [-0.3, -0.25) is 4.79 Å². The van der Waals surface area contributed by atoms with E-state index < -0.39 is 10.0 Å². The third-order valence-corrected chi connectivity index (χ3v) is 4.57. The molecule has 0 radical (unpaired) electrons. The molecule has 0 atom stereocenters. The molecule has 0 unspecified atom stereocenters. The molecule has 1 aromatic carbocycles. The maximum Gasteiger partial charge on any atom is 0.251 e. The van der Waals surface area contributed by atoms with E-state index in [-0.39, 0.29) is 22.9 Å². The summed E-state index contributed by atoms with van der Waals surface area (Å²) >= 11 is 0. The second-order valence-electron chi connectivity index (χ2n) is 4.59. The number of carbonyl (C=O) groups excluding carboxylic acids is 1. The van der Waals surface area contributed by atoms with Crippen molar-refractivity contribution in [3.63, 3.8) is 0 Å². The third kappa shape index (κ3) is 4.05. The average Bonchev–Trinajstić information content (AvgIpc) is 2.60. The molecule has 0 saturated carbocycles. The molecule has 0 aliphatic heterocycles. The molecule has 0 aliphatic carbocycles. The molecule has 0 bridgehead atoms. The van der Waals surface area contributed by atoms with Gasteiger partial charge in [0.1, 0.15) is 0 Å². The van der Waals surface area contributed by atoms with E-state index in [2.05, 4.69) is 15.0 Å². The Morgan fingerprint density at radius 2 is 2.04 bits per heavy atom. The van der Waals surface area contributed by atoms with Gasteiger partial charge in [-0.15, -0.1) is 0 Å². The number of rotatable bonds is 6. The zero-order valence-corrected chi connectivity index (χ0v) is 13.6. The Bertz CT molecular complexity index is 806. The van der Waals surface area contributed by atoms with E-state index in [9.17, 15) is 13.2 Å². The zero-order valence-electron chi connectivity index (χ0n) is 12.7. The Morgan fingerprint density at radius 3 is 2.74 bits per heavy atom. The lowest BCUT2D eigenvalue weighted by atomic mass is 10.2. The third-order valence-electron chi connectivity index (χ3n) is 3.16. The van der Waals surface area contributed by atoms with Gasteiger partial charge in [0.15, 0.2) is 0 Å². The number of benzene rings is 1. The smallest absolute Gasteiger partial charge is 0.251 e. The lowest BCUT2D eigenvalue weighted by molar-refractivity contribution is 0.0950. The monoisotopic (exact) mass is 335 g/mol. The lowest BCUT2D eigenvalue weighted by Gasteiger charge is -2.09. The maximum atomic E-state index is 12.2. The highest BCUT2D eigenvalue weighted by atomic mass is 32.2. The van der Waals surface area contributed by atoms with Crippen LogP contribution in [0.15, 0.2) is 47.5 Å². The first-order valence-corrected chi connectivity index (χ1v) is 8.26. The molecule has 0 aliphatic rings. The molecule has 0 fully saturated rings. The SMILES string of the molecule is CNS(=O)(=O)c1cccc(C(=O)NCc2cccnc2OC)c1. The number of nitrogens with zero attached hydrogens (tertiary/aromatic N) is 1. The van der Waals surface area contributed by atoms with Gasteiger partial charge >= 0.3 is 0 Å². The van der Waals surface area contributed by atoms with E-state index in [1.54, 1.807) is 24.4 Å². The summed E-state index contributed by atoms with van der Waals surface area (Å²) in [6, 6.07) is 9.33. The minimum atomic E-state index is -3.59. The summed E-state index contributed by atoms with van der Waals surface area (Å²) in [5.74, 6) is 0.0448. The second kappa shape index (κ2) is 7.21. The van der Waals surface area contributed by atoms with Crippen molar-refractivity contribution in [2.45, 2.75) is 11.4 Å². The summed E-state index contributed by atoms with van der Waals surface area (Å²) in [5.41, 5.74) is 0.978. The van der Waals surface area contributed by atoms with Crippen LogP contribution in [0.4, 0.5) is 0 Å². The fraction of sp³-hybridized carbons (Fsp3) is 0.200. The Labute approximate surface area is 134 Å². The number of hydrogen-bond donors (Lipinski definition) is 2. The van der Waals surface area contributed by atoms with Crippen molar-refractivity contribution in [2.24, 2.45) is 0 Å². The van der Waals surface area contributed by atoms with Crippen molar-refractivity contribution in [3.8, 4) is 5.88 Å². The van der Waals surface area contributed by atoms with E-state index in [4.69, 9.17) is 4.74 Å². The summed E-state index contributed by atoms with van der Waals surface area (Å²) in [5, 5.41) is 2.71. The summed E-state index contributed by atoms with van der Waals surface area (Å²) in [4.78, 5) is 16.3. The van der Waals surface area contributed by atoms with Crippen molar-refractivity contribution < 1.29 is 17.9 Å². The number of ether oxygens (including phenoxy) is 1. The molecule has 1 amide bonds. The normalized spacial score (nSPS) is 11.0. The molecule has 1 heterocycles. The molecule has 23 heavy (non-hydrogen) atoms. The Hall–Kier alpha value is -2.45. The van der Waals surface area contributed by atoms with Crippen molar-refractivity contribution in [1.82, 2.24) is 15.0 Å². The molecular weight excluding hydrogens is 318 g/mol. The zero-order chi connectivity index (χ0) is 16.9. The maximum absolute atomic E-state index is 12.2. The van der Waals surface area contributed by atoms with E-state index in [1.165, 1.54) is 32.4 Å². The predicted molar refractivity (Wildman–Crippen MR) is 84.6 cm³/mol. The van der Waals surface area contributed by atoms with E-state index in [1.807, 2.05) is 0 Å². The van der Waals surface area contributed by atoms with Crippen LogP contribution >= 0.6 is 0 Å². The van der Waals surface area contributed by atoms with Crippen LogP contribution in [-0.4, -0.2) is 33.5 Å². The Kier molecular flexibility index (Phi) is 5.30. The molecule has 122 valence electrons. The number of nitrogens with one attached hydrogen (secondary N) is 2. The highest BCUT2D eigenvalue weighted by Gasteiger charge is 2.14. The van der Waals surface area contributed by atoms with Crippen LogP contribution in [0.25, 0.3) is 0 Å². The van der Waals surface area contributed by atoms with Gasteiger partial charge in [-0.05, 0) is 31.3 Å². The molecule has 0 saturated heterocycles. The minimum absolute atomic E-state index is 0.0339. The van der Waals surface area contributed by atoms with Gasteiger partial charge in [-0.25, -0.2) is 18.1 Å². The molecule has 0 spiro atoms. The number of amides is 1. The standard InChI is InChI=1S/C15H17N3O4S/c1-16-23(20,21)13-7-3-5-11(9-13)14(19)18-10-12-6-4-8-17-15(12)22-2/h3-9,16H,10H2,1-2H3,(H,18,19). The van der Waals surface area contributed by atoms with Crippen LogP contribution in [0.3, 0.4) is 0 Å². The van der Waals surface area contributed by atoms with Crippen LogP contribution in [0, 0.1) is 0 Å². The van der Waals surface area contributed by atoms with Crippen LogP contribution in [0.1, 0.15) is 15.9 Å². The average molecular weight is 335 g/mol. The number of hydrogen-bond acceptors (Lipinski definition) is 5. The van der Waals surface area contributed by atoms with Crippen molar-refractivity contribution in [2.75, 3.05) is 14.2 Å². The topological polar surface area (TPSA) is 97.4 Å². The molecule has 1 aromatic heterocycles. The van der Waals surface area contributed by atoms with Gasteiger partial charge in [0.2, 0.25) is 15.9 Å². The van der Waals surface area contributed by atoms with Crippen molar-refractivity contribution in [3.05, 3.63) is 53.7 Å². The van der Waals surface area contributed by atoms with Gasteiger partial charge in [-0.2, -0.15) is 0 Å². The summed E-state index contributed by atoms with van der Waals surface area (Å²) < 4.78 is 30.9. The van der Waals surface area contributed by atoms with Crippen LogP contribution in [-0.2, 0) is 16.6 Å². The number of pyridine rings is 1. The first-order valence-electron chi connectivity index (χ1n) is 6.77. The van der Waals surface area contributed by atoms with Gasteiger partial charge in [0.05, 0.1) is 12.0 Å². The lowest BCUT2D eigenvalue weighted by Crippen LogP contribution is -2.24. The van der Waals surface area contributed by atoms with E-state index in [0.29, 0.717) is 5.88 Å². The Balaban J connectivity index is 2.14. The summed E-state index contributed by atoms with van der Waals surface area (Å²) in [6.45, 7) is 0.221. The number of sulfonamides is 1. The fourth-order valence-electron chi connectivity index (χ4n) is 1.94. The van der Waals surface area contributed by atoms with E-state index >= 15 is 0 Å². The van der Waals surface area contributed by atoms with Crippen LogP contribution < -0.4 is 14.8 Å². The van der Waals surface area contributed by atoms with Gasteiger partial charge in [0, 0.05) is 23.9 Å². The molecule has 8 heteroatoms. The number of methoxy groups -OCH3 is 1. The van der Waals surface area contributed by atoms with Gasteiger partial charge < -0.3 is 10.1 Å². The van der Waals surface area contributed by atoms with Crippen molar-refractivity contribution in [1.29, 1.82) is 0 Å². The van der Waals surface area contributed by atoms with E-state index in [0.717, 1.165) is 5.56 Å².